The zero-order valence-corrected chi connectivity index (χ0v) is 23.6. The van der Waals surface area contributed by atoms with Gasteiger partial charge in [-0.2, -0.15) is 0 Å². The van der Waals surface area contributed by atoms with Crippen molar-refractivity contribution in [3.8, 4) is 11.1 Å². The largest absolute Gasteiger partial charge is 0.466 e. The van der Waals surface area contributed by atoms with Crippen molar-refractivity contribution >= 4 is 23.3 Å². The number of aryl methyl sites for hydroxylation is 2. The molecular formula is C32H33N3O6. The second-order valence-electron chi connectivity index (χ2n) is 9.99. The maximum absolute atomic E-state index is 12.9. The lowest BCUT2D eigenvalue weighted by Crippen LogP contribution is -2.26. The Labute approximate surface area is 239 Å². The van der Waals surface area contributed by atoms with Crippen LogP contribution in [0.25, 0.3) is 16.8 Å². The molecule has 0 atom stereocenters. The Morgan fingerprint density at radius 3 is 2.34 bits per heavy atom. The first-order valence-corrected chi connectivity index (χ1v) is 13.2. The van der Waals surface area contributed by atoms with Crippen LogP contribution in [-0.2, 0) is 25.6 Å². The van der Waals surface area contributed by atoms with Crippen LogP contribution in [0.15, 0.2) is 84.1 Å². The van der Waals surface area contributed by atoms with Crippen molar-refractivity contribution in [1.29, 1.82) is 0 Å². The minimum atomic E-state index is -0.549. The first-order chi connectivity index (χ1) is 19.7. The third-order valence-corrected chi connectivity index (χ3v) is 6.92. The molecule has 0 spiro atoms. The van der Waals surface area contributed by atoms with E-state index in [9.17, 15) is 19.7 Å². The van der Waals surface area contributed by atoms with Crippen molar-refractivity contribution in [2.75, 3.05) is 27.3 Å². The van der Waals surface area contributed by atoms with Crippen LogP contribution in [0.2, 0.25) is 0 Å². The van der Waals surface area contributed by atoms with Crippen LogP contribution in [0.1, 0.15) is 28.7 Å². The summed E-state index contributed by atoms with van der Waals surface area (Å²) in [6.07, 6.45) is 1.62. The summed E-state index contributed by atoms with van der Waals surface area (Å²) < 4.78 is 10.6. The maximum Gasteiger partial charge on any atom is 0.336 e. The normalized spacial score (nSPS) is 13.0. The number of dihydropyridines is 1. The summed E-state index contributed by atoms with van der Waals surface area (Å²) in [5.74, 6) is -1.05. The second-order valence-corrected chi connectivity index (χ2v) is 9.99. The van der Waals surface area contributed by atoms with E-state index in [1.165, 1.54) is 18.7 Å². The molecule has 0 unspecified atom stereocenters. The molecule has 1 aliphatic rings. The van der Waals surface area contributed by atoms with Gasteiger partial charge >= 0.3 is 11.9 Å². The molecule has 0 saturated heterocycles. The quantitative estimate of drug-likeness (QED) is 0.203. The molecule has 41 heavy (non-hydrogen) atoms. The third kappa shape index (κ3) is 7.06. The summed E-state index contributed by atoms with van der Waals surface area (Å²) in [5.41, 5.74) is 6.47. The topological polar surface area (TPSA) is 111 Å². The summed E-state index contributed by atoms with van der Waals surface area (Å²) in [6.45, 7) is 5.33. The first-order valence-electron chi connectivity index (χ1n) is 13.2. The highest BCUT2D eigenvalue weighted by atomic mass is 16.6. The van der Waals surface area contributed by atoms with Crippen LogP contribution in [0.3, 0.4) is 0 Å². The highest BCUT2D eigenvalue weighted by Crippen LogP contribution is 2.34. The molecule has 0 radical (unpaired) electrons. The van der Waals surface area contributed by atoms with E-state index in [2.05, 4.69) is 10.2 Å². The van der Waals surface area contributed by atoms with Crippen LogP contribution in [0.4, 0.5) is 5.69 Å². The van der Waals surface area contributed by atoms with E-state index < -0.39 is 16.9 Å². The Morgan fingerprint density at radius 2 is 1.68 bits per heavy atom. The number of non-ortho nitro benzene ring substituents is 1. The van der Waals surface area contributed by atoms with Crippen LogP contribution in [-0.4, -0.2) is 49.1 Å². The van der Waals surface area contributed by atoms with Crippen molar-refractivity contribution < 1.29 is 24.0 Å². The minimum Gasteiger partial charge on any atom is -0.466 e. The third-order valence-electron chi connectivity index (χ3n) is 6.92. The fourth-order valence-electron chi connectivity index (χ4n) is 4.96. The number of likely N-dealkylation sites (N-methyl/N-ethyl adjacent to an activating group) is 1. The van der Waals surface area contributed by atoms with Gasteiger partial charge in [-0.1, -0.05) is 42.5 Å². The van der Waals surface area contributed by atoms with Gasteiger partial charge in [-0.25, -0.2) is 9.59 Å². The van der Waals surface area contributed by atoms with Gasteiger partial charge in [0.25, 0.3) is 5.69 Å². The molecule has 1 heterocycles. The zero-order valence-electron chi connectivity index (χ0n) is 23.6. The molecule has 0 aromatic heterocycles. The van der Waals surface area contributed by atoms with Crippen molar-refractivity contribution in [1.82, 2.24) is 10.2 Å². The van der Waals surface area contributed by atoms with Crippen molar-refractivity contribution in [3.05, 3.63) is 116 Å². The molecule has 3 aromatic carbocycles. The molecule has 9 heteroatoms. The maximum atomic E-state index is 12.9. The average molecular weight is 556 g/mol. The Hall–Kier alpha value is -4.76. The molecule has 0 aliphatic carbocycles. The van der Waals surface area contributed by atoms with E-state index in [0.29, 0.717) is 23.4 Å². The van der Waals surface area contributed by atoms with Gasteiger partial charge in [-0.05, 0) is 66.4 Å². The highest BCUT2D eigenvalue weighted by molar-refractivity contribution is 6.02. The number of nitrogens with zero attached hydrogens (tertiary/aromatic N) is 2. The molecule has 1 N–H and O–H groups in total. The second kappa shape index (κ2) is 13.1. The number of rotatable bonds is 10. The highest BCUT2D eigenvalue weighted by Gasteiger charge is 2.27. The number of hydrogen-bond acceptors (Lipinski definition) is 8. The van der Waals surface area contributed by atoms with Gasteiger partial charge in [-0.15, -0.1) is 0 Å². The predicted molar refractivity (Wildman–Crippen MR) is 157 cm³/mol. The van der Waals surface area contributed by atoms with E-state index in [0.717, 1.165) is 34.4 Å². The first kappa shape index (κ1) is 29.2. The molecule has 0 amide bonds. The fraction of sp³-hybridized carbons (Fsp3) is 0.250. The lowest BCUT2D eigenvalue weighted by Gasteiger charge is -2.22. The van der Waals surface area contributed by atoms with Gasteiger partial charge in [-0.3, -0.25) is 15.0 Å². The van der Waals surface area contributed by atoms with E-state index in [4.69, 9.17) is 9.47 Å². The monoisotopic (exact) mass is 555 g/mol. The molecule has 1 aliphatic heterocycles. The van der Waals surface area contributed by atoms with Crippen molar-refractivity contribution in [3.63, 3.8) is 0 Å². The molecule has 3 aromatic rings. The summed E-state index contributed by atoms with van der Waals surface area (Å²) in [5, 5.41) is 14.4. The summed E-state index contributed by atoms with van der Waals surface area (Å²) in [6, 6.07) is 20.4. The van der Waals surface area contributed by atoms with Gasteiger partial charge in [0, 0.05) is 37.8 Å². The fourth-order valence-corrected chi connectivity index (χ4v) is 4.96. The van der Waals surface area contributed by atoms with Crippen LogP contribution < -0.4 is 5.32 Å². The number of benzene rings is 3. The van der Waals surface area contributed by atoms with E-state index in [-0.39, 0.29) is 18.7 Å². The Bertz CT molecular complexity index is 1500. The predicted octanol–water partition coefficient (Wildman–Crippen LogP) is 5.32. The number of esters is 2. The molecule has 0 bridgehead atoms. The molecule has 212 valence electrons. The standard InChI is InChI=1S/C32H33N3O6/c1-21-15-25(16-22(2)29(21)24-11-8-12-27(17-24)35(38)39)30-28(32(37)40-4)18-26(19-33-30)31(36)41-14-13-34(3)20-23-9-6-5-7-10-23/h5-12,15-17,19,33H,13-14,18,20H2,1-4H3. The summed E-state index contributed by atoms with van der Waals surface area (Å²) in [7, 11) is 3.26. The molecule has 0 saturated carbocycles. The molecular weight excluding hydrogens is 522 g/mol. The number of hydrogen-bond donors (Lipinski definition) is 1. The van der Waals surface area contributed by atoms with Crippen LogP contribution >= 0.6 is 0 Å². The summed E-state index contributed by atoms with van der Waals surface area (Å²) in [4.78, 5) is 38.6. The number of carbonyl (C=O) groups is 2. The Balaban J connectivity index is 1.49. The smallest absolute Gasteiger partial charge is 0.336 e. The Morgan fingerprint density at radius 1 is 0.976 bits per heavy atom. The number of nitrogens with one attached hydrogen (secondary N) is 1. The zero-order chi connectivity index (χ0) is 29.5. The number of nitro benzene ring substituents is 1. The van der Waals surface area contributed by atoms with Gasteiger partial charge in [0.05, 0.1) is 28.9 Å². The van der Waals surface area contributed by atoms with Crippen LogP contribution in [0.5, 0.6) is 0 Å². The summed E-state index contributed by atoms with van der Waals surface area (Å²) >= 11 is 0. The number of methoxy groups -OCH3 is 1. The average Bonchev–Trinajstić information content (AvgIpc) is 2.96. The molecule has 9 nitrogen and oxygen atoms in total. The number of ether oxygens (including phenoxy) is 2. The number of nitro groups is 1. The van der Waals surface area contributed by atoms with Crippen LogP contribution in [0, 0.1) is 24.0 Å². The molecule has 4 rings (SSSR count). The van der Waals surface area contributed by atoms with E-state index in [1.54, 1.807) is 18.3 Å². The van der Waals surface area contributed by atoms with E-state index in [1.807, 2.05) is 69.4 Å². The van der Waals surface area contributed by atoms with Gasteiger partial charge in [0.2, 0.25) is 0 Å². The Kier molecular flexibility index (Phi) is 9.31. The van der Waals surface area contributed by atoms with Gasteiger partial charge in [0.1, 0.15) is 6.61 Å². The lowest BCUT2D eigenvalue weighted by molar-refractivity contribution is -0.384. The van der Waals surface area contributed by atoms with E-state index >= 15 is 0 Å². The SMILES string of the molecule is COC(=O)C1=C(c2cc(C)c(-c3cccc([N+](=O)[O-])c3)c(C)c2)NC=C(C(=O)OCCN(C)Cc2ccccc2)C1. The van der Waals surface area contributed by atoms with Gasteiger partial charge < -0.3 is 14.8 Å². The minimum absolute atomic E-state index is 0.0161. The van der Waals surface area contributed by atoms with Gasteiger partial charge in [0.15, 0.2) is 0 Å². The van der Waals surface area contributed by atoms with Crippen molar-refractivity contribution in [2.24, 2.45) is 0 Å². The van der Waals surface area contributed by atoms with Crippen molar-refractivity contribution in [2.45, 2.75) is 26.8 Å². The number of carbonyl (C=O) groups excluding carboxylic acids is 2. The lowest BCUT2D eigenvalue weighted by atomic mass is 9.90. The molecule has 0 fully saturated rings.